The van der Waals surface area contributed by atoms with E-state index in [2.05, 4.69) is 93.4 Å². The fourth-order valence-electron chi connectivity index (χ4n) is 3.67. The Morgan fingerprint density at radius 3 is 2.15 bits per heavy atom. The van der Waals surface area contributed by atoms with E-state index in [9.17, 15) is 0 Å². The fourth-order valence-corrected chi connectivity index (χ4v) is 5.28. The number of hydrogen-bond donors (Lipinski definition) is 0. The van der Waals surface area contributed by atoms with Crippen LogP contribution in [-0.2, 0) is 6.42 Å². The highest BCUT2D eigenvalue weighted by molar-refractivity contribution is 6.89. The topological polar surface area (TPSA) is 12.9 Å². The second-order valence-corrected chi connectivity index (χ2v) is 13.4. The average Bonchev–Trinajstić information content (AvgIpc) is 2.68. The van der Waals surface area contributed by atoms with Gasteiger partial charge in [-0.05, 0) is 40.8 Å². The van der Waals surface area contributed by atoms with Gasteiger partial charge in [0.15, 0.2) is 0 Å². The van der Waals surface area contributed by atoms with Gasteiger partial charge in [-0.25, -0.2) is 0 Å². The van der Waals surface area contributed by atoms with Crippen LogP contribution in [0.5, 0.6) is 0 Å². The van der Waals surface area contributed by atoms with Gasteiger partial charge in [-0.2, -0.15) is 0 Å². The number of nitrogens with zero attached hydrogens (tertiary/aromatic N) is 1. The molecule has 0 aliphatic carbocycles. The summed E-state index contributed by atoms with van der Waals surface area (Å²) in [6, 6.07) is 21.6. The van der Waals surface area contributed by atoms with Crippen molar-refractivity contribution in [2.24, 2.45) is 0 Å². The molecule has 0 N–H and O–H groups in total. The molecule has 0 unspecified atom stereocenters. The Labute approximate surface area is 165 Å². The van der Waals surface area contributed by atoms with Crippen molar-refractivity contribution in [2.75, 3.05) is 0 Å². The van der Waals surface area contributed by atoms with Crippen LogP contribution in [0.15, 0.2) is 66.9 Å². The van der Waals surface area contributed by atoms with Crippen molar-refractivity contribution in [3.63, 3.8) is 0 Å². The van der Waals surface area contributed by atoms with Crippen molar-refractivity contribution in [1.82, 2.24) is 4.98 Å². The summed E-state index contributed by atoms with van der Waals surface area (Å²) in [5.41, 5.74) is 6.34. The molecular weight excluding hydrogens is 342 g/mol. The Hall–Kier alpha value is -2.19. The van der Waals surface area contributed by atoms with Gasteiger partial charge < -0.3 is 0 Å². The lowest BCUT2D eigenvalue weighted by atomic mass is 9.96. The van der Waals surface area contributed by atoms with Crippen molar-refractivity contribution in [2.45, 2.75) is 52.2 Å². The van der Waals surface area contributed by atoms with Crippen molar-refractivity contribution < 1.29 is 0 Å². The van der Waals surface area contributed by atoms with Crippen LogP contribution in [0.3, 0.4) is 0 Å². The zero-order valence-corrected chi connectivity index (χ0v) is 18.1. The summed E-state index contributed by atoms with van der Waals surface area (Å²) in [6.07, 6.45) is 7.15. The molecule has 0 radical (unpaired) electrons. The van der Waals surface area contributed by atoms with E-state index >= 15 is 0 Å². The summed E-state index contributed by atoms with van der Waals surface area (Å²) >= 11 is 0. The van der Waals surface area contributed by atoms with Crippen LogP contribution < -0.4 is 5.19 Å². The Morgan fingerprint density at radius 2 is 1.48 bits per heavy atom. The molecule has 3 aromatic rings. The molecule has 1 nitrogen and oxygen atoms in total. The van der Waals surface area contributed by atoms with E-state index in [1.54, 1.807) is 0 Å². The molecule has 3 rings (SSSR count). The molecule has 27 heavy (non-hydrogen) atoms. The number of aryl methyl sites for hydroxylation is 1. The molecule has 0 bridgehead atoms. The highest BCUT2D eigenvalue weighted by Crippen LogP contribution is 2.31. The van der Waals surface area contributed by atoms with E-state index in [-0.39, 0.29) is 0 Å². The second-order valence-electron chi connectivity index (χ2n) is 8.35. The second kappa shape index (κ2) is 8.66. The summed E-state index contributed by atoms with van der Waals surface area (Å²) in [5, 5.41) is 1.51. The highest BCUT2D eigenvalue weighted by atomic mass is 28.3. The Bertz CT molecular complexity index is 878. The van der Waals surface area contributed by atoms with E-state index in [0.717, 1.165) is 12.1 Å². The van der Waals surface area contributed by atoms with E-state index in [1.165, 1.54) is 46.7 Å². The first kappa shape index (κ1) is 19.6. The molecule has 0 saturated heterocycles. The molecule has 0 saturated carbocycles. The third-order valence-corrected chi connectivity index (χ3v) is 7.20. The van der Waals surface area contributed by atoms with E-state index < -0.39 is 8.07 Å². The first-order valence-electron chi connectivity index (χ1n) is 10.1. The molecule has 2 heteroatoms. The van der Waals surface area contributed by atoms with E-state index in [0.29, 0.717) is 0 Å². The molecule has 0 aliphatic rings. The highest BCUT2D eigenvalue weighted by Gasteiger charge is 2.21. The first-order chi connectivity index (χ1) is 13.0. The summed E-state index contributed by atoms with van der Waals surface area (Å²) in [6.45, 7) is 9.54. The minimum atomic E-state index is -1.40. The third-order valence-electron chi connectivity index (χ3n) is 5.14. The first-order valence-corrected chi connectivity index (χ1v) is 13.6. The number of aromatic nitrogens is 1. The molecule has 0 fully saturated rings. The lowest BCUT2D eigenvalue weighted by Crippen LogP contribution is -2.40. The Balaban J connectivity index is 2.07. The van der Waals surface area contributed by atoms with Gasteiger partial charge >= 0.3 is 0 Å². The number of hydrogen-bond acceptors (Lipinski definition) is 1. The molecule has 0 amide bonds. The largest absolute Gasteiger partial charge is 0.256 e. The molecule has 0 spiro atoms. The van der Waals surface area contributed by atoms with Crippen LogP contribution in [0.2, 0.25) is 19.6 Å². The number of benzene rings is 2. The van der Waals surface area contributed by atoms with Crippen molar-refractivity contribution in [1.29, 1.82) is 0 Å². The van der Waals surface area contributed by atoms with Crippen molar-refractivity contribution >= 4 is 13.3 Å². The number of pyridine rings is 1. The van der Waals surface area contributed by atoms with Crippen LogP contribution in [0.1, 0.15) is 31.7 Å². The monoisotopic (exact) mass is 373 g/mol. The summed E-state index contributed by atoms with van der Waals surface area (Å²) in [7, 11) is -1.40. The number of rotatable bonds is 7. The van der Waals surface area contributed by atoms with Gasteiger partial charge in [-0.1, -0.05) is 94.0 Å². The fraction of sp³-hybridized carbons (Fsp3) is 0.320. The third kappa shape index (κ3) is 4.75. The maximum Gasteiger partial charge on any atom is 0.0799 e. The SMILES string of the molecule is CCCCCc1cc(-c2ccccc2-c2ccccc2)ncc1[Si](C)(C)C. The van der Waals surface area contributed by atoms with Gasteiger partial charge in [0.05, 0.1) is 13.8 Å². The normalized spacial score (nSPS) is 11.6. The van der Waals surface area contributed by atoms with Crippen molar-refractivity contribution in [3.05, 3.63) is 72.4 Å². The van der Waals surface area contributed by atoms with E-state index in [4.69, 9.17) is 4.98 Å². The predicted molar refractivity (Wildman–Crippen MR) is 121 cm³/mol. The lowest BCUT2D eigenvalue weighted by Gasteiger charge is -2.22. The average molecular weight is 374 g/mol. The Kier molecular flexibility index (Phi) is 6.28. The maximum atomic E-state index is 4.93. The minimum absolute atomic E-state index is 1.10. The van der Waals surface area contributed by atoms with Gasteiger partial charge in [0, 0.05) is 11.8 Å². The Morgan fingerprint density at radius 1 is 0.815 bits per heavy atom. The molecule has 140 valence electrons. The van der Waals surface area contributed by atoms with Crippen molar-refractivity contribution in [3.8, 4) is 22.4 Å². The number of unbranched alkanes of at least 4 members (excludes halogenated alkanes) is 2. The molecule has 2 aromatic carbocycles. The van der Waals surface area contributed by atoms with Crippen LogP contribution in [0.4, 0.5) is 0 Å². The van der Waals surface area contributed by atoms with Gasteiger partial charge in [0.1, 0.15) is 0 Å². The van der Waals surface area contributed by atoms with Gasteiger partial charge in [-0.15, -0.1) is 0 Å². The zero-order valence-electron chi connectivity index (χ0n) is 17.1. The molecular formula is C25H31NSi. The van der Waals surface area contributed by atoms with Gasteiger partial charge in [-0.3, -0.25) is 4.98 Å². The van der Waals surface area contributed by atoms with E-state index in [1.807, 2.05) is 0 Å². The summed E-state index contributed by atoms with van der Waals surface area (Å²) in [5.74, 6) is 0. The van der Waals surface area contributed by atoms with Gasteiger partial charge in [0.25, 0.3) is 0 Å². The summed E-state index contributed by atoms with van der Waals surface area (Å²) < 4.78 is 0. The van der Waals surface area contributed by atoms with Crippen LogP contribution in [-0.4, -0.2) is 13.1 Å². The van der Waals surface area contributed by atoms with Gasteiger partial charge in [0.2, 0.25) is 0 Å². The van der Waals surface area contributed by atoms with Crippen LogP contribution in [0, 0.1) is 0 Å². The summed E-state index contributed by atoms with van der Waals surface area (Å²) in [4.78, 5) is 4.93. The zero-order chi connectivity index (χ0) is 19.3. The van der Waals surface area contributed by atoms with Crippen LogP contribution >= 0.6 is 0 Å². The minimum Gasteiger partial charge on any atom is -0.256 e. The molecule has 0 aliphatic heterocycles. The van der Waals surface area contributed by atoms with Crippen LogP contribution in [0.25, 0.3) is 22.4 Å². The molecule has 1 aromatic heterocycles. The lowest BCUT2D eigenvalue weighted by molar-refractivity contribution is 0.718. The molecule has 0 atom stereocenters. The quantitative estimate of drug-likeness (QED) is 0.332. The predicted octanol–water partition coefficient (Wildman–Crippen LogP) is 6.69. The standard InChI is InChI=1S/C25H31NSi/c1-5-6-8-15-21-18-24(26-19-25(21)27(2,3)4)23-17-12-11-16-22(23)20-13-9-7-10-14-20/h7,9-14,16-19H,5-6,8,15H2,1-4H3. The smallest absolute Gasteiger partial charge is 0.0799 e. The maximum absolute atomic E-state index is 4.93. The molecule has 1 heterocycles.